The molecule has 17 heavy (non-hydrogen) atoms. The number of nitrogens with zero attached hydrogens (tertiary/aromatic N) is 1. The first kappa shape index (κ1) is 11.7. The summed E-state index contributed by atoms with van der Waals surface area (Å²) in [5.41, 5.74) is 1.62. The van der Waals surface area contributed by atoms with Gasteiger partial charge in [-0.25, -0.2) is 0 Å². The summed E-state index contributed by atoms with van der Waals surface area (Å²) in [6.07, 6.45) is 4.01. The molecule has 1 saturated carbocycles. The molecule has 3 nitrogen and oxygen atoms in total. The molecule has 0 aliphatic heterocycles. The standard InChI is InChI=1S/C14H18N2O/c1-3-10-16(11-8-9-11)14(17)12-6-4-5-7-13(12)15-2/h3-7,11,15H,1,8-10H2,2H3. The SMILES string of the molecule is C=CCN(C(=O)c1ccccc1NC)C1CC1. The van der Waals surface area contributed by atoms with E-state index in [-0.39, 0.29) is 5.91 Å². The molecule has 1 aliphatic carbocycles. The van der Waals surface area contributed by atoms with Crippen LogP contribution in [0.15, 0.2) is 36.9 Å². The summed E-state index contributed by atoms with van der Waals surface area (Å²) < 4.78 is 0. The third kappa shape index (κ3) is 2.49. The highest BCUT2D eigenvalue weighted by Gasteiger charge is 2.32. The molecule has 1 N–H and O–H groups in total. The van der Waals surface area contributed by atoms with Crippen molar-refractivity contribution in [1.82, 2.24) is 4.90 Å². The van der Waals surface area contributed by atoms with Crippen molar-refractivity contribution in [3.8, 4) is 0 Å². The van der Waals surface area contributed by atoms with Crippen LogP contribution in [0.25, 0.3) is 0 Å². The Morgan fingerprint density at radius 1 is 1.53 bits per heavy atom. The fourth-order valence-electron chi connectivity index (χ4n) is 1.97. The number of benzene rings is 1. The molecule has 0 radical (unpaired) electrons. The van der Waals surface area contributed by atoms with Gasteiger partial charge in [-0.15, -0.1) is 6.58 Å². The van der Waals surface area contributed by atoms with E-state index in [0.29, 0.717) is 12.6 Å². The van der Waals surface area contributed by atoms with Crippen LogP contribution >= 0.6 is 0 Å². The van der Waals surface area contributed by atoms with Crippen LogP contribution in [-0.4, -0.2) is 30.4 Å². The van der Waals surface area contributed by atoms with E-state index >= 15 is 0 Å². The van der Waals surface area contributed by atoms with Gasteiger partial charge in [-0.3, -0.25) is 4.79 Å². The topological polar surface area (TPSA) is 32.3 Å². The molecule has 0 bridgehead atoms. The molecule has 1 aromatic rings. The summed E-state index contributed by atoms with van der Waals surface area (Å²) >= 11 is 0. The molecule has 1 aliphatic rings. The molecule has 0 heterocycles. The van der Waals surface area contributed by atoms with Crippen molar-refractivity contribution in [1.29, 1.82) is 0 Å². The second-order valence-corrected chi connectivity index (χ2v) is 4.27. The zero-order chi connectivity index (χ0) is 12.3. The minimum Gasteiger partial charge on any atom is -0.387 e. The van der Waals surface area contributed by atoms with Crippen LogP contribution < -0.4 is 5.32 Å². The Morgan fingerprint density at radius 3 is 2.82 bits per heavy atom. The van der Waals surface area contributed by atoms with Gasteiger partial charge >= 0.3 is 0 Å². The van der Waals surface area contributed by atoms with Crippen molar-refractivity contribution in [2.75, 3.05) is 18.9 Å². The molecule has 1 amide bonds. The van der Waals surface area contributed by atoms with Crippen LogP contribution in [0.5, 0.6) is 0 Å². The Morgan fingerprint density at radius 2 is 2.24 bits per heavy atom. The Hall–Kier alpha value is -1.77. The first-order valence-corrected chi connectivity index (χ1v) is 5.96. The molecule has 90 valence electrons. The number of nitrogens with one attached hydrogen (secondary N) is 1. The van der Waals surface area contributed by atoms with Crippen molar-refractivity contribution in [2.24, 2.45) is 0 Å². The maximum atomic E-state index is 12.4. The zero-order valence-corrected chi connectivity index (χ0v) is 10.1. The van der Waals surface area contributed by atoms with Crippen LogP contribution in [0, 0.1) is 0 Å². The van der Waals surface area contributed by atoms with E-state index in [1.54, 1.807) is 6.08 Å². The van der Waals surface area contributed by atoms with Crippen molar-refractivity contribution < 1.29 is 4.79 Å². The second kappa shape index (κ2) is 5.04. The molecule has 2 rings (SSSR count). The number of carbonyl (C=O) groups is 1. The summed E-state index contributed by atoms with van der Waals surface area (Å²) in [4.78, 5) is 14.3. The number of hydrogen-bond acceptors (Lipinski definition) is 2. The first-order valence-electron chi connectivity index (χ1n) is 5.96. The van der Waals surface area contributed by atoms with Gasteiger partial charge in [0.2, 0.25) is 0 Å². The Bertz CT molecular complexity index is 424. The molecule has 0 aromatic heterocycles. The molecule has 1 fully saturated rings. The van der Waals surface area contributed by atoms with E-state index in [1.165, 1.54) is 0 Å². The molecule has 0 unspecified atom stereocenters. The third-order valence-electron chi connectivity index (χ3n) is 3.00. The average molecular weight is 230 g/mol. The highest BCUT2D eigenvalue weighted by atomic mass is 16.2. The van der Waals surface area contributed by atoms with Crippen LogP contribution in [0.2, 0.25) is 0 Å². The van der Waals surface area contributed by atoms with Gasteiger partial charge in [-0.05, 0) is 25.0 Å². The van der Waals surface area contributed by atoms with Crippen molar-refractivity contribution >= 4 is 11.6 Å². The fraction of sp³-hybridized carbons (Fsp3) is 0.357. The number of hydrogen-bond donors (Lipinski definition) is 1. The van der Waals surface area contributed by atoms with Gasteiger partial charge in [0.1, 0.15) is 0 Å². The van der Waals surface area contributed by atoms with Gasteiger partial charge in [0, 0.05) is 25.3 Å². The lowest BCUT2D eigenvalue weighted by Gasteiger charge is -2.22. The predicted molar refractivity (Wildman–Crippen MR) is 70.2 cm³/mol. The number of rotatable bonds is 5. The molecule has 0 spiro atoms. The Kier molecular flexibility index (Phi) is 3.47. The third-order valence-corrected chi connectivity index (χ3v) is 3.00. The van der Waals surface area contributed by atoms with Crippen LogP contribution in [0.3, 0.4) is 0 Å². The smallest absolute Gasteiger partial charge is 0.256 e. The van der Waals surface area contributed by atoms with Crippen LogP contribution in [0.4, 0.5) is 5.69 Å². The second-order valence-electron chi connectivity index (χ2n) is 4.27. The highest BCUT2D eigenvalue weighted by Crippen LogP contribution is 2.29. The van der Waals surface area contributed by atoms with E-state index in [0.717, 1.165) is 24.1 Å². The van der Waals surface area contributed by atoms with Crippen LogP contribution in [-0.2, 0) is 0 Å². The van der Waals surface area contributed by atoms with E-state index in [1.807, 2.05) is 36.2 Å². The van der Waals surface area contributed by atoms with E-state index in [4.69, 9.17) is 0 Å². The summed E-state index contributed by atoms with van der Waals surface area (Å²) in [6.45, 7) is 4.35. The molecular weight excluding hydrogens is 212 g/mol. The van der Waals surface area contributed by atoms with Crippen molar-refractivity contribution in [2.45, 2.75) is 18.9 Å². The summed E-state index contributed by atoms with van der Waals surface area (Å²) in [6, 6.07) is 8.02. The van der Waals surface area contributed by atoms with E-state index < -0.39 is 0 Å². The van der Waals surface area contributed by atoms with Gasteiger partial charge in [0.05, 0.1) is 5.56 Å². The molecule has 0 saturated heterocycles. The van der Waals surface area contributed by atoms with E-state index in [2.05, 4.69) is 11.9 Å². The molecular formula is C14H18N2O. The molecule has 1 aromatic carbocycles. The lowest BCUT2D eigenvalue weighted by molar-refractivity contribution is 0.0763. The zero-order valence-electron chi connectivity index (χ0n) is 10.1. The van der Waals surface area contributed by atoms with Gasteiger partial charge in [-0.2, -0.15) is 0 Å². The summed E-state index contributed by atoms with van der Waals surface area (Å²) in [7, 11) is 1.83. The number of amides is 1. The quantitative estimate of drug-likeness (QED) is 0.788. The van der Waals surface area contributed by atoms with E-state index in [9.17, 15) is 4.79 Å². The number of anilines is 1. The minimum atomic E-state index is 0.0948. The lowest BCUT2D eigenvalue weighted by atomic mass is 10.1. The minimum absolute atomic E-state index is 0.0948. The lowest BCUT2D eigenvalue weighted by Crippen LogP contribution is -2.33. The van der Waals surface area contributed by atoms with Gasteiger partial charge < -0.3 is 10.2 Å². The van der Waals surface area contributed by atoms with Crippen LogP contribution in [0.1, 0.15) is 23.2 Å². The summed E-state index contributed by atoms with van der Waals surface area (Å²) in [5, 5.41) is 3.06. The van der Waals surface area contributed by atoms with Crippen molar-refractivity contribution in [3.63, 3.8) is 0 Å². The predicted octanol–water partition coefficient (Wildman–Crippen LogP) is 2.52. The molecule has 0 atom stereocenters. The van der Waals surface area contributed by atoms with Crippen molar-refractivity contribution in [3.05, 3.63) is 42.5 Å². The van der Waals surface area contributed by atoms with Gasteiger partial charge in [-0.1, -0.05) is 18.2 Å². The summed E-state index contributed by atoms with van der Waals surface area (Å²) in [5.74, 6) is 0.0948. The average Bonchev–Trinajstić information content (AvgIpc) is 3.19. The molecule has 3 heteroatoms. The number of carbonyl (C=O) groups excluding carboxylic acids is 1. The maximum Gasteiger partial charge on any atom is 0.256 e. The monoisotopic (exact) mass is 230 g/mol. The van der Waals surface area contributed by atoms with Gasteiger partial charge in [0.15, 0.2) is 0 Å². The largest absolute Gasteiger partial charge is 0.387 e. The first-order chi connectivity index (χ1) is 8.27. The Labute approximate surface area is 102 Å². The normalized spacial score (nSPS) is 14.2. The maximum absolute atomic E-state index is 12.4. The van der Waals surface area contributed by atoms with Gasteiger partial charge in [0.25, 0.3) is 5.91 Å². The fourth-order valence-corrected chi connectivity index (χ4v) is 1.97. The highest BCUT2D eigenvalue weighted by molar-refractivity contribution is 6.00. The number of para-hydroxylation sites is 1. The Balaban J connectivity index is 2.24.